The second-order valence-electron chi connectivity index (χ2n) is 1.92. The van der Waals surface area contributed by atoms with E-state index in [1.54, 1.807) is 0 Å². The smallest absolute Gasteiger partial charge is 0.0317 e. The fraction of sp³-hybridized carbons (Fsp3) is 0.143. The lowest BCUT2D eigenvalue weighted by Gasteiger charge is -2.01. The van der Waals surface area contributed by atoms with Gasteiger partial charge < -0.3 is 5.73 Å². The fourth-order valence-electron chi connectivity index (χ4n) is 0.706. The Morgan fingerprint density at radius 3 is 2.55 bits per heavy atom. The largest absolute Gasteiger partial charge is 0.326 e. The minimum absolute atomic E-state index is 0. The van der Waals surface area contributed by atoms with Crippen LogP contribution in [0.5, 0.6) is 0 Å². The van der Waals surface area contributed by atoms with Crippen molar-refractivity contribution in [3.05, 3.63) is 31.8 Å². The molecule has 1 aromatic carbocycles. The molecule has 0 amide bonds. The van der Waals surface area contributed by atoms with Gasteiger partial charge >= 0.3 is 0 Å². The Hall–Kier alpha value is 0.680. The summed E-state index contributed by atoms with van der Waals surface area (Å²) >= 11 is 5.70. The zero-order chi connectivity index (χ0) is 7.56. The predicted octanol–water partition coefficient (Wildman–Crippen LogP) is 2.93. The van der Waals surface area contributed by atoms with E-state index in [1.807, 2.05) is 18.2 Å². The number of halogens is 3. The lowest BCUT2D eigenvalue weighted by Crippen LogP contribution is -1.98. The van der Waals surface area contributed by atoms with E-state index in [2.05, 4.69) is 38.5 Å². The summed E-state index contributed by atoms with van der Waals surface area (Å²) in [6.07, 6.45) is 0. The Morgan fingerprint density at radius 2 is 2.09 bits per heavy atom. The van der Waals surface area contributed by atoms with E-state index in [4.69, 9.17) is 5.73 Å². The van der Waals surface area contributed by atoms with Gasteiger partial charge in [-0.1, -0.05) is 12.1 Å². The van der Waals surface area contributed by atoms with Gasteiger partial charge in [0.15, 0.2) is 0 Å². The molecular formula is C7H8BrClIN. The van der Waals surface area contributed by atoms with Crippen LogP contribution in [-0.4, -0.2) is 0 Å². The highest BCUT2D eigenvalue weighted by Crippen LogP contribution is 2.21. The quantitative estimate of drug-likeness (QED) is 0.776. The predicted molar refractivity (Wildman–Crippen MR) is 62.0 cm³/mol. The molecule has 2 N–H and O–H groups in total. The molecule has 1 aromatic rings. The summed E-state index contributed by atoms with van der Waals surface area (Å²) < 4.78 is 2.33. The van der Waals surface area contributed by atoms with Gasteiger partial charge in [0.1, 0.15) is 0 Å². The molecule has 0 aliphatic rings. The highest BCUT2D eigenvalue weighted by molar-refractivity contribution is 14.1. The Morgan fingerprint density at radius 1 is 1.45 bits per heavy atom. The molecule has 1 nitrogen and oxygen atoms in total. The second kappa shape index (κ2) is 5.35. The van der Waals surface area contributed by atoms with Crippen molar-refractivity contribution < 1.29 is 0 Å². The first-order valence-corrected chi connectivity index (χ1v) is 4.76. The molecular weight excluding hydrogens is 340 g/mol. The van der Waals surface area contributed by atoms with Crippen LogP contribution >= 0.6 is 50.9 Å². The minimum atomic E-state index is 0. The van der Waals surface area contributed by atoms with Gasteiger partial charge in [-0.2, -0.15) is 0 Å². The van der Waals surface area contributed by atoms with Crippen molar-refractivity contribution in [3.8, 4) is 0 Å². The van der Waals surface area contributed by atoms with E-state index in [0.29, 0.717) is 6.54 Å². The first kappa shape index (κ1) is 11.7. The Bertz CT molecular complexity index is 242. The van der Waals surface area contributed by atoms with Crippen molar-refractivity contribution in [2.45, 2.75) is 6.54 Å². The molecule has 4 heteroatoms. The summed E-state index contributed by atoms with van der Waals surface area (Å²) in [4.78, 5) is 0. The van der Waals surface area contributed by atoms with E-state index in [0.717, 1.165) is 4.47 Å². The zero-order valence-electron chi connectivity index (χ0n) is 5.68. The lowest BCUT2D eigenvalue weighted by atomic mass is 10.2. The lowest BCUT2D eigenvalue weighted by molar-refractivity contribution is 1.06. The highest BCUT2D eigenvalue weighted by atomic mass is 127. The van der Waals surface area contributed by atoms with E-state index in [1.165, 1.54) is 9.13 Å². The molecule has 11 heavy (non-hydrogen) atoms. The van der Waals surface area contributed by atoms with Crippen LogP contribution in [0.2, 0.25) is 0 Å². The van der Waals surface area contributed by atoms with E-state index in [9.17, 15) is 0 Å². The molecule has 0 aliphatic heterocycles. The summed E-state index contributed by atoms with van der Waals surface area (Å²) in [7, 11) is 0. The summed E-state index contributed by atoms with van der Waals surface area (Å²) in [5.74, 6) is 0. The van der Waals surface area contributed by atoms with Crippen LogP contribution in [0.4, 0.5) is 0 Å². The third-order valence-electron chi connectivity index (χ3n) is 1.25. The molecule has 0 saturated heterocycles. The van der Waals surface area contributed by atoms with Crippen LogP contribution in [0, 0.1) is 3.57 Å². The van der Waals surface area contributed by atoms with Gasteiger partial charge in [-0.25, -0.2) is 0 Å². The normalized spacial score (nSPS) is 9.00. The Balaban J connectivity index is 0.000001000. The Labute approximate surface area is 94.4 Å². The molecule has 0 radical (unpaired) electrons. The molecule has 0 heterocycles. The molecule has 0 aromatic heterocycles. The van der Waals surface area contributed by atoms with Crippen molar-refractivity contribution in [1.82, 2.24) is 0 Å². The van der Waals surface area contributed by atoms with E-state index >= 15 is 0 Å². The van der Waals surface area contributed by atoms with Crippen LogP contribution in [-0.2, 0) is 6.54 Å². The summed E-state index contributed by atoms with van der Waals surface area (Å²) in [5, 5.41) is 0. The molecule has 0 atom stereocenters. The van der Waals surface area contributed by atoms with Crippen LogP contribution in [0.25, 0.3) is 0 Å². The monoisotopic (exact) mass is 347 g/mol. The Kier molecular flexibility index (Phi) is 5.68. The van der Waals surface area contributed by atoms with Gasteiger partial charge in [0.25, 0.3) is 0 Å². The van der Waals surface area contributed by atoms with Crippen LogP contribution in [0.15, 0.2) is 22.7 Å². The maximum absolute atomic E-state index is 5.49. The molecule has 0 fully saturated rings. The van der Waals surface area contributed by atoms with Gasteiger partial charge in [-0.15, -0.1) is 12.4 Å². The average molecular weight is 348 g/mol. The maximum Gasteiger partial charge on any atom is 0.0317 e. The highest BCUT2D eigenvalue weighted by Gasteiger charge is 1.99. The first-order chi connectivity index (χ1) is 4.75. The van der Waals surface area contributed by atoms with Crippen LogP contribution in [0.3, 0.4) is 0 Å². The first-order valence-electron chi connectivity index (χ1n) is 2.88. The number of hydrogen-bond donors (Lipinski definition) is 1. The molecule has 0 spiro atoms. The number of hydrogen-bond acceptors (Lipinski definition) is 1. The third-order valence-corrected chi connectivity index (χ3v) is 3.93. The van der Waals surface area contributed by atoms with Gasteiger partial charge in [0, 0.05) is 14.6 Å². The number of rotatable bonds is 1. The average Bonchev–Trinajstić information content (AvgIpc) is 1.95. The minimum Gasteiger partial charge on any atom is -0.326 e. The third kappa shape index (κ3) is 2.89. The number of benzene rings is 1. The molecule has 0 bridgehead atoms. The molecule has 62 valence electrons. The van der Waals surface area contributed by atoms with Crippen molar-refractivity contribution >= 4 is 50.9 Å². The van der Waals surface area contributed by atoms with Gasteiger partial charge in [0.2, 0.25) is 0 Å². The van der Waals surface area contributed by atoms with Crippen molar-refractivity contribution in [2.75, 3.05) is 0 Å². The fourth-order valence-corrected chi connectivity index (χ4v) is 1.69. The molecule has 0 saturated carbocycles. The van der Waals surface area contributed by atoms with Crippen molar-refractivity contribution in [3.63, 3.8) is 0 Å². The standard InChI is InChI=1S/C7H7BrIN.ClH/c8-6-3-1-2-5(4-10)7(6)9;/h1-3H,4,10H2;1H. The van der Waals surface area contributed by atoms with Crippen molar-refractivity contribution in [1.29, 1.82) is 0 Å². The van der Waals surface area contributed by atoms with Crippen LogP contribution in [0.1, 0.15) is 5.56 Å². The maximum atomic E-state index is 5.49. The molecule has 1 rings (SSSR count). The SMILES string of the molecule is Cl.NCc1cccc(Br)c1I. The van der Waals surface area contributed by atoms with Crippen LogP contribution < -0.4 is 5.73 Å². The topological polar surface area (TPSA) is 26.0 Å². The number of nitrogens with two attached hydrogens (primary N) is 1. The summed E-state index contributed by atoms with van der Waals surface area (Å²) in [6, 6.07) is 6.04. The molecule has 0 unspecified atom stereocenters. The van der Waals surface area contributed by atoms with E-state index < -0.39 is 0 Å². The second-order valence-corrected chi connectivity index (χ2v) is 3.85. The molecule has 0 aliphatic carbocycles. The van der Waals surface area contributed by atoms with Gasteiger partial charge in [-0.05, 0) is 50.2 Å². The summed E-state index contributed by atoms with van der Waals surface area (Å²) in [6.45, 7) is 0.609. The van der Waals surface area contributed by atoms with Gasteiger partial charge in [-0.3, -0.25) is 0 Å². The summed E-state index contributed by atoms with van der Waals surface area (Å²) in [5.41, 5.74) is 6.68. The van der Waals surface area contributed by atoms with Crippen molar-refractivity contribution in [2.24, 2.45) is 5.73 Å². The zero-order valence-corrected chi connectivity index (χ0v) is 10.2. The van der Waals surface area contributed by atoms with E-state index in [-0.39, 0.29) is 12.4 Å². The van der Waals surface area contributed by atoms with Gasteiger partial charge in [0.05, 0.1) is 0 Å².